The van der Waals surface area contributed by atoms with Crippen molar-refractivity contribution in [3.8, 4) is 0 Å². The summed E-state index contributed by atoms with van der Waals surface area (Å²) in [5, 5.41) is 2.74. The molecule has 0 saturated heterocycles. The minimum Gasteiger partial charge on any atom is -0.355 e. The Labute approximate surface area is 130 Å². The Balaban J connectivity index is 1.96. The predicted octanol–water partition coefficient (Wildman–Crippen LogP) is 0.741. The molecule has 0 bridgehead atoms. The Morgan fingerprint density at radius 1 is 1.14 bits per heavy atom. The SMILES string of the molecule is CCNC(=O)CN(CC)CCN1C(=O)c2ccccc2C1=O. The molecule has 1 aromatic rings. The molecule has 1 heterocycles. The van der Waals surface area contributed by atoms with E-state index in [1.165, 1.54) is 4.90 Å². The third kappa shape index (κ3) is 3.33. The van der Waals surface area contributed by atoms with E-state index in [1.807, 2.05) is 18.7 Å². The summed E-state index contributed by atoms with van der Waals surface area (Å²) in [7, 11) is 0. The maximum atomic E-state index is 12.2. The van der Waals surface area contributed by atoms with Gasteiger partial charge in [-0.15, -0.1) is 0 Å². The van der Waals surface area contributed by atoms with E-state index >= 15 is 0 Å². The molecule has 1 aromatic carbocycles. The lowest BCUT2D eigenvalue weighted by atomic mass is 10.1. The quantitative estimate of drug-likeness (QED) is 0.754. The monoisotopic (exact) mass is 303 g/mol. The standard InChI is InChI=1S/C16H21N3O3/c1-3-17-14(20)11-18(4-2)9-10-19-15(21)12-7-5-6-8-13(12)16(19)22/h5-8H,3-4,9-11H2,1-2H3,(H,17,20). The second-order valence-corrected chi connectivity index (χ2v) is 5.13. The van der Waals surface area contributed by atoms with Crippen molar-refractivity contribution in [2.75, 3.05) is 32.7 Å². The molecule has 0 fully saturated rings. The third-order valence-corrected chi connectivity index (χ3v) is 3.71. The van der Waals surface area contributed by atoms with Gasteiger partial charge < -0.3 is 5.32 Å². The van der Waals surface area contributed by atoms with Gasteiger partial charge in [0.25, 0.3) is 11.8 Å². The fraction of sp³-hybridized carbons (Fsp3) is 0.438. The van der Waals surface area contributed by atoms with Gasteiger partial charge in [-0.3, -0.25) is 24.2 Å². The topological polar surface area (TPSA) is 69.7 Å². The number of fused-ring (bicyclic) bond motifs is 1. The molecule has 22 heavy (non-hydrogen) atoms. The molecule has 118 valence electrons. The highest BCUT2D eigenvalue weighted by Gasteiger charge is 2.34. The smallest absolute Gasteiger partial charge is 0.261 e. The summed E-state index contributed by atoms with van der Waals surface area (Å²) >= 11 is 0. The minimum atomic E-state index is -0.255. The van der Waals surface area contributed by atoms with Gasteiger partial charge in [0.05, 0.1) is 17.7 Å². The second-order valence-electron chi connectivity index (χ2n) is 5.13. The molecule has 0 saturated carbocycles. The molecule has 2 rings (SSSR count). The first-order chi connectivity index (χ1) is 10.6. The van der Waals surface area contributed by atoms with Crippen LogP contribution in [0.5, 0.6) is 0 Å². The van der Waals surface area contributed by atoms with Crippen molar-refractivity contribution in [1.82, 2.24) is 15.1 Å². The Morgan fingerprint density at radius 2 is 1.73 bits per heavy atom. The van der Waals surface area contributed by atoms with Crippen LogP contribution in [0.2, 0.25) is 0 Å². The molecule has 0 radical (unpaired) electrons. The lowest BCUT2D eigenvalue weighted by molar-refractivity contribution is -0.122. The molecule has 0 aliphatic carbocycles. The summed E-state index contributed by atoms with van der Waals surface area (Å²) in [6, 6.07) is 6.84. The van der Waals surface area contributed by atoms with E-state index in [0.717, 1.165) is 0 Å². The highest BCUT2D eigenvalue weighted by atomic mass is 16.2. The molecule has 1 N–H and O–H groups in total. The molecular formula is C16H21N3O3. The van der Waals surface area contributed by atoms with Gasteiger partial charge in [0, 0.05) is 19.6 Å². The van der Waals surface area contributed by atoms with E-state index in [9.17, 15) is 14.4 Å². The van der Waals surface area contributed by atoms with Gasteiger partial charge in [-0.05, 0) is 25.6 Å². The van der Waals surface area contributed by atoms with Crippen molar-refractivity contribution in [3.63, 3.8) is 0 Å². The Hall–Kier alpha value is -2.21. The van der Waals surface area contributed by atoms with E-state index in [0.29, 0.717) is 37.3 Å². The number of hydrogen-bond acceptors (Lipinski definition) is 4. The number of amides is 3. The van der Waals surface area contributed by atoms with Gasteiger partial charge in [0.15, 0.2) is 0 Å². The van der Waals surface area contributed by atoms with E-state index in [2.05, 4.69) is 5.32 Å². The number of carbonyl (C=O) groups is 3. The first-order valence-electron chi connectivity index (χ1n) is 7.52. The van der Waals surface area contributed by atoms with Gasteiger partial charge in [0.1, 0.15) is 0 Å². The number of likely N-dealkylation sites (N-methyl/N-ethyl adjacent to an activating group) is 2. The van der Waals surface area contributed by atoms with Gasteiger partial charge in [0.2, 0.25) is 5.91 Å². The van der Waals surface area contributed by atoms with Crippen molar-refractivity contribution in [3.05, 3.63) is 35.4 Å². The number of hydrogen-bond donors (Lipinski definition) is 1. The van der Waals surface area contributed by atoms with Gasteiger partial charge in [-0.1, -0.05) is 19.1 Å². The van der Waals surface area contributed by atoms with E-state index in [4.69, 9.17) is 0 Å². The zero-order valence-electron chi connectivity index (χ0n) is 13.0. The maximum Gasteiger partial charge on any atom is 0.261 e. The Bertz CT molecular complexity index is 551. The number of benzene rings is 1. The van der Waals surface area contributed by atoms with Crippen LogP contribution in [0.15, 0.2) is 24.3 Å². The van der Waals surface area contributed by atoms with Crippen molar-refractivity contribution in [2.45, 2.75) is 13.8 Å². The van der Waals surface area contributed by atoms with Crippen LogP contribution in [0.25, 0.3) is 0 Å². The third-order valence-electron chi connectivity index (χ3n) is 3.71. The normalized spacial score (nSPS) is 13.7. The van der Waals surface area contributed by atoms with Gasteiger partial charge >= 0.3 is 0 Å². The van der Waals surface area contributed by atoms with E-state index in [-0.39, 0.29) is 24.3 Å². The second kappa shape index (κ2) is 7.17. The fourth-order valence-corrected chi connectivity index (χ4v) is 2.49. The molecule has 1 aliphatic heterocycles. The molecule has 0 atom stereocenters. The van der Waals surface area contributed by atoms with Crippen LogP contribution in [0.3, 0.4) is 0 Å². The van der Waals surface area contributed by atoms with Crippen LogP contribution >= 0.6 is 0 Å². The number of rotatable bonds is 7. The zero-order chi connectivity index (χ0) is 16.1. The summed E-state index contributed by atoms with van der Waals surface area (Å²) in [6.07, 6.45) is 0. The maximum absolute atomic E-state index is 12.2. The summed E-state index contributed by atoms with van der Waals surface area (Å²) in [6.45, 7) is 6.13. The Kier molecular flexibility index (Phi) is 5.27. The van der Waals surface area contributed by atoms with Crippen LogP contribution in [0.4, 0.5) is 0 Å². The number of nitrogens with zero attached hydrogens (tertiary/aromatic N) is 2. The fourth-order valence-electron chi connectivity index (χ4n) is 2.49. The highest BCUT2D eigenvalue weighted by Crippen LogP contribution is 2.21. The van der Waals surface area contributed by atoms with Crippen LogP contribution < -0.4 is 5.32 Å². The van der Waals surface area contributed by atoms with Crippen molar-refractivity contribution in [1.29, 1.82) is 0 Å². The average Bonchev–Trinajstić information content (AvgIpc) is 2.76. The first kappa shape index (κ1) is 16.2. The molecule has 6 heteroatoms. The summed E-state index contributed by atoms with van der Waals surface area (Å²) in [5.74, 6) is -0.559. The van der Waals surface area contributed by atoms with E-state index < -0.39 is 0 Å². The summed E-state index contributed by atoms with van der Waals surface area (Å²) < 4.78 is 0. The molecular weight excluding hydrogens is 282 g/mol. The first-order valence-corrected chi connectivity index (χ1v) is 7.52. The lowest BCUT2D eigenvalue weighted by Crippen LogP contribution is -2.42. The molecule has 6 nitrogen and oxygen atoms in total. The van der Waals surface area contributed by atoms with Gasteiger partial charge in [-0.25, -0.2) is 0 Å². The van der Waals surface area contributed by atoms with Crippen molar-refractivity contribution >= 4 is 17.7 Å². The van der Waals surface area contributed by atoms with Crippen LogP contribution in [-0.2, 0) is 4.79 Å². The molecule has 0 unspecified atom stereocenters. The van der Waals surface area contributed by atoms with Crippen molar-refractivity contribution < 1.29 is 14.4 Å². The summed E-state index contributed by atoms with van der Waals surface area (Å²) in [5.41, 5.74) is 0.915. The Morgan fingerprint density at radius 3 is 2.23 bits per heavy atom. The van der Waals surface area contributed by atoms with Gasteiger partial charge in [-0.2, -0.15) is 0 Å². The zero-order valence-corrected chi connectivity index (χ0v) is 13.0. The summed E-state index contributed by atoms with van der Waals surface area (Å²) in [4.78, 5) is 39.3. The minimum absolute atomic E-state index is 0.0493. The van der Waals surface area contributed by atoms with Crippen LogP contribution in [-0.4, -0.2) is 60.2 Å². The number of carbonyl (C=O) groups excluding carboxylic acids is 3. The number of nitrogens with one attached hydrogen (secondary N) is 1. The predicted molar refractivity (Wildman–Crippen MR) is 82.6 cm³/mol. The molecule has 0 aromatic heterocycles. The molecule has 1 aliphatic rings. The largest absolute Gasteiger partial charge is 0.355 e. The van der Waals surface area contributed by atoms with Crippen LogP contribution in [0.1, 0.15) is 34.6 Å². The number of imide groups is 1. The average molecular weight is 303 g/mol. The van der Waals surface area contributed by atoms with Crippen molar-refractivity contribution in [2.24, 2.45) is 0 Å². The highest BCUT2D eigenvalue weighted by molar-refractivity contribution is 6.21. The lowest BCUT2D eigenvalue weighted by Gasteiger charge is -2.22. The van der Waals surface area contributed by atoms with Crippen LogP contribution in [0, 0.1) is 0 Å². The molecule has 0 spiro atoms. The van der Waals surface area contributed by atoms with E-state index in [1.54, 1.807) is 24.3 Å². The molecule has 3 amide bonds.